The van der Waals surface area contributed by atoms with Crippen molar-refractivity contribution in [3.8, 4) is 0 Å². The van der Waals surface area contributed by atoms with Gasteiger partial charge in [-0.05, 0) is 94.9 Å². The molecule has 1 heteroatoms. The van der Waals surface area contributed by atoms with Gasteiger partial charge < -0.3 is 5.32 Å². The van der Waals surface area contributed by atoms with Crippen LogP contribution in [0.4, 0.5) is 11.4 Å². The molecule has 2 fully saturated rings. The zero-order chi connectivity index (χ0) is 23.6. The average Bonchev–Trinajstić information content (AvgIpc) is 2.79. The van der Waals surface area contributed by atoms with Crippen LogP contribution in [0.5, 0.6) is 0 Å². The van der Waals surface area contributed by atoms with Gasteiger partial charge in [0, 0.05) is 11.4 Å². The Balaban J connectivity index is 1.72. The number of anilines is 2. The maximum Gasteiger partial charge on any atom is 0.0390 e. The number of nitrogens with one attached hydrogen (secondary N) is 1. The molecule has 2 aromatic rings. The predicted molar refractivity (Wildman–Crippen MR) is 145 cm³/mol. The maximum atomic E-state index is 3.89. The van der Waals surface area contributed by atoms with Gasteiger partial charge in [0.2, 0.25) is 0 Å². The van der Waals surface area contributed by atoms with Crippen LogP contribution in [0.15, 0.2) is 36.4 Å². The quantitative estimate of drug-likeness (QED) is 0.493. The van der Waals surface area contributed by atoms with Gasteiger partial charge in [-0.3, -0.25) is 0 Å². The largest absolute Gasteiger partial charge is 0.355 e. The summed E-state index contributed by atoms with van der Waals surface area (Å²) in [5.41, 5.74) is 8.80. The van der Waals surface area contributed by atoms with Gasteiger partial charge in [-0.25, -0.2) is 0 Å². The molecule has 2 aliphatic rings. The van der Waals surface area contributed by atoms with Crippen LogP contribution in [0.3, 0.4) is 0 Å². The van der Waals surface area contributed by atoms with E-state index in [1.807, 2.05) is 0 Å². The number of hydrogen-bond acceptors (Lipinski definition) is 1. The Hall–Kier alpha value is -1.76. The van der Waals surface area contributed by atoms with Gasteiger partial charge in [0.1, 0.15) is 0 Å². The Kier molecular flexibility index (Phi) is 7.27. The molecule has 2 aromatic carbocycles. The van der Waals surface area contributed by atoms with Crippen molar-refractivity contribution in [3.05, 3.63) is 58.7 Å². The van der Waals surface area contributed by atoms with E-state index in [9.17, 15) is 0 Å². The first kappa shape index (κ1) is 24.4. The Bertz CT molecular complexity index is 859. The lowest BCUT2D eigenvalue weighted by Crippen LogP contribution is -2.17. The second-order valence-corrected chi connectivity index (χ2v) is 13.0. The third kappa shape index (κ3) is 6.23. The van der Waals surface area contributed by atoms with Gasteiger partial charge in [-0.15, -0.1) is 0 Å². The lowest BCUT2D eigenvalue weighted by Gasteiger charge is -2.28. The van der Waals surface area contributed by atoms with Crippen LogP contribution in [0.2, 0.25) is 0 Å². The molecule has 33 heavy (non-hydrogen) atoms. The summed E-state index contributed by atoms with van der Waals surface area (Å²) in [6.45, 7) is 13.9. The predicted octanol–water partition coefficient (Wildman–Crippen LogP) is 10.1. The fourth-order valence-corrected chi connectivity index (χ4v) is 5.82. The van der Waals surface area contributed by atoms with Crippen molar-refractivity contribution < 1.29 is 0 Å². The molecule has 0 saturated heterocycles. The molecule has 2 saturated carbocycles. The monoisotopic (exact) mass is 445 g/mol. The molecule has 0 aromatic heterocycles. The number of hydrogen-bond donors (Lipinski definition) is 1. The van der Waals surface area contributed by atoms with E-state index in [1.165, 1.54) is 86.7 Å². The zero-order valence-electron chi connectivity index (χ0n) is 22.2. The number of rotatable bonds is 4. The summed E-state index contributed by atoms with van der Waals surface area (Å²) in [5, 5.41) is 3.89. The van der Waals surface area contributed by atoms with Crippen LogP contribution in [-0.4, -0.2) is 0 Å². The van der Waals surface area contributed by atoms with Crippen LogP contribution in [0.1, 0.15) is 140 Å². The molecule has 1 nitrogen and oxygen atoms in total. The summed E-state index contributed by atoms with van der Waals surface area (Å²) < 4.78 is 0. The third-order valence-electron chi connectivity index (χ3n) is 8.08. The van der Waals surface area contributed by atoms with E-state index in [0.29, 0.717) is 0 Å². The average molecular weight is 446 g/mol. The molecule has 0 unspecified atom stereocenters. The minimum absolute atomic E-state index is 0.134. The molecule has 0 spiro atoms. The van der Waals surface area contributed by atoms with E-state index in [2.05, 4.69) is 83.3 Å². The molecule has 1 N–H and O–H groups in total. The summed E-state index contributed by atoms with van der Waals surface area (Å²) in [7, 11) is 0. The van der Waals surface area contributed by atoms with Crippen LogP contribution < -0.4 is 5.32 Å². The van der Waals surface area contributed by atoms with Crippen molar-refractivity contribution >= 4 is 11.4 Å². The van der Waals surface area contributed by atoms with Gasteiger partial charge in [0.05, 0.1) is 0 Å². The Labute approximate surface area is 203 Å². The molecule has 0 heterocycles. The van der Waals surface area contributed by atoms with E-state index in [1.54, 1.807) is 11.1 Å². The van der Waals surface area contributed by atoms with Gasteiger partial charge in [0.25, 0.3) is 0 Å². The molecule has 4 rings (SSSR count). The third-order valence-corrected chi connectivity index (χ3v) is 8.08. The minimum Gasteiger partial charge on any atom is -0.355 e. The molecule has 180 valence electrons. The molecule has 0 amide bonds. The minimum atomic E-state index is 0.134. The van der Waals surface area contributed by atoms with E-state index in [0.717, 1.165) is 11.8 Å². The van der Waals surface area contributed by atoms with Crippen molar-refractivity contribution in [1.29, 1.82) is 0 Å². The zero-order valence-corrected chi connectivity index (χ0v) is 22.2. The van der Waals surface area contributed by atoms with E-state index < -0.39 is 0 Å². The Morgan fingerprint density at radius 2 is 0.909 bits per heavy atom. The van der Waals surface area contributed by atoms with Crippen LogP contribution >= 0.6 is 0 Å². The van der Waals surface area contributed by atoms with Crippen LogP contribution in [0.25, 0.3) is 0 Å². The Morgan fingerprint density at radius 3 is 1.30 bits per heavy atom. The first-order valence-corrected chi connectivity index (χ1v) is 13.7. The lowest BCUT2D eigenvalue weighted by atomic mass is 9.79. The highest BCUT2D eigenvalue weighted by Gasteiger charge is 2.23. The van der Waals surface area contributed by atoms with Crippen molar-refractivity contribution in [2.75, 3.05) is 5.32 Å². The van der Waals surface area contributed by atoms with Gasteiger partial charge in [-0.2, -0.15) is 0 Å². The highest BCUT2D eigenvalue weighted by molar-refractivity contribution is 5.64. The molecule has 0 radical (unpaired) electrons. The Morgan fingerprint density at radius 1 is 0.515 bits per heavy atom. The fourth-order valence-electron chi connectivity index (χ4n) is 5.82. The summed E-state index contributed by atoms with van der Waals surface area (Å²) in [6.07, 6.45) is 13.9. The maximum absolute atomic E-state index is 3.89. The molecule has 0 bridgehead atoms. The van der Waals surface area contributed by atoms with Gasteiger partial charge in [0.15, 0.2) is 0 Å². The molecule has 0 aliphatic heterocycles. The molecule has 0 atom stereocenters. The van der Waals surface area contributed by atoms with Crippen molar-refractivity contribution in [1.82, 2.24) is 0 Å². The molecular weight excluding hydrogens is 398 g/mol. The first-order valence-electron chi connectivity index (χ1n) is 13.7. The second kappa shape index (κ2) is 9.85. The first-order chi connectivity index (χ1) is 15.6. The standard InChI is InChI=1S/C32H47N/c1-31(2,3)27-20-28(32(4,5)6)22-30(21-27)33-29-18-25(23-13-9-7-10-14-23)17-26(19-29)24-15-11-8-12-16-24/h17-24,33H,7-16H2,1-6H3. The SMILES string of the molecule is CC(C)(C)c1cc(Nc2cc(C3CCCCC3)cc(C3CCCCC3)c2)cc(C(C)(C)C)c1. The smallest absolute Gasteiger partial charge is 0.0390 e. The van der Waals surface area contributed by atoms with Crippen LogP contribution in [-0.2, 0) is 10.8 Å². The highest BCUT2D eigenvalue weighted by atomic mass is 14.9. The van der Waals surface area contributed by atoms with Crippen LogP contribution in [0, 0.1) is 0 Å². The fraction of sp³-hybridized carbons (Fsp3) is 0.625. The highest BCUT2D eigenvalue weighted by Crippen LogP contribution is 2.40. The van der Waals surface area contributed by atoms with Crippen molar-refractivity contribution in [2.24, 2.45) is 0 Å². The topological polar surface area (TPSA) is 12.0 Å². The van der Waals surface area contributed by atoms with E-state index >= 15 is 0 Å². The second-order valence-electron chi connectivity index (χ2n) is 13.0. The number of benzene rings is 2. The molecular formula is C32H47N. The summed E-state index contributed by atoms with van der Waals surface area (Å²) in [6, 6.07) is 14.7. The van der Waals surface area contributed by atoms with E-state index in [4.69, 9.17) is 0 Å². The van der Waals surface area contributed by atoms with Crippen molar-refractivity contribution in [2.45, 2.75) is 128 Å². The van der Waals surface area contributed by atoms with E-state index in [-0.39, 0.29) is 10.8 Å². The summed E-state index contributed by atoms with van der Waals surface area (Å²) in [5.74, 6) is 1.49. The lowest BCUT2D eigenvalue weighted by molar-refractivity contribution is 0.435. The summed E-state index contributed by atoms with van der Waals surface area (Å²) in [4.78, 5) is 0. The van der Waals surface area contributed by atoms with Crippen molar-refractivity contribution in [3.63, 3.8) is 0 Å². The normalized spacial score (nSPS) is 19.0. The van der Waals surface area contributed by atoms with Gasteiger partial charge >= 0.3 is 0 Å². The summed E-state index contributed by atoms with van der Waals surface area (Å²) >= 11 is 0. The van der Waals surface area contributed by atoms with Gasteiger partial charge in [-0.1, -0.05) is 92.2 Å². The molecule has 2 aliphatic carbocycles.